The van der Waals surface area contributed by atoms with E-state index >= 15 is 0 Å². The molecule has 0 amide bonds. The molecule has 232 valence electrons. The molecule has 2 N–H and O–H groups in total. The molecule has 44 heavy (non-hydrogen) atoms. The number of nitrogens with two attached hydrogens (primary N) is 1. The van der Waals surface area contributed by atoms with Crippen LogP contribution in [0.25, 0.3) is 22.3 Å². The number of aryl methyl sites for hydroxylation is 2. The number of carbonyl (C=O) groups excluding carboxylic acids is 2. The molecule has 0 aliphatic heterocycles. The number of esters is 2. The van der Waals surface area contributed by atoms with Gasteiger partial charge in [0, 0.05) is 15.7 Å². The summed E-state index contributed by atoms with van der Waals surface area (Å²) in [7, 11) is 2.50. The number of nitrogen functional groups attached to an aromatic ring is 1. The number of hydrogen-bond acceptors (Lipinski definition) is 5. The molecule has 0 atom stereocenters. The van der Waals surface area contributed by atoms with Gasteiger partial charge in [0.2, 0.25) is 0 Å². The minimum absolute atomic E-state index is 0.210. The number of rotatable bonds is 4. The SMILES string of the molecule is COC(=O)c1ccc(-c2cc(C)cc(C(F)(F)F)c2)c(Br)c1.COC(=O)c1ccc(-c2cc(C)cc(C(F)(F)F)c2)c(N)c1. The van der Waals surface area contributed by atoms with Crippen LogP contribution < -0.4 is 5.73 Å². The topological polar surface area (TPSA) is 78.6 Å². The van der Waals surface area contributed by atoms with E-state index in [9.17, 15) is 35.9 Å². The largest absolute Gasteiger partial charge is 0.465 e. The number of halogens is 7. The number of ether oxygens (including phenoxy) is 2. The van der Waals surface area contributed by atoms with Crippen molar-refractivity contribution in [3.63, 3.8) is 0 Å². The molecule has 0 aliphatic rings. The lowest BCUT2D eigenvalue weighted by atomic mass is 9.97. The molecule has 0 spiro atoms. The number of anilines is 1. The first-order valence-corrected chi connectivity index (χ1v) is 13.5. The highest BCUT2D eigenvalue weighted by molar-refractivity contribution is 9.10. The summed E-state index contributed by atoms with van der Waals surface area (Å²) in [6.45, 7) is 3.19. The average molecular weight is 682 g/mol. The summed E-state index contributed by atoms with van der Waals surface area (Å²) in [6, 6.07) is 16.6. The number of alkyl halides is 6. The number of benzene rings is 4. The minimum atomic E-state index is -4.43. The van der Waals surface area contributed by atoms with Crippen LogP contribution in [-0.4, -0.2) is 26.2 Å². The van der Waals surface area contributed by atoms with E-state index in [1.54, 1.807) is 32.0 Å². The summed E-state index contributed by atoms with van der Waals surface area (Å²) in [6.07, 6.45) is -8.83. The fraction of sp³-hybridized carbons (Fsp3) is 0.188. The predicted molar refractivity (Wildman–Crippen MR) is 158 cm³/mol. The van der Waals surface area contributed by atoms with E-state index in [1.165, 1.54) is 44.6 Å². The van der Waals surface area contributed by atoms with Crippen molar-refractivity contribution in [2.75, 3.05) is 20.0 Å². The van der Waals surface area contributed by atoms with Gasteiger partial charge >= 0.3 is 24.3 Å². The Morgan fingerprint density at radius 2 is 1.05 bits per heavy atom. The van der Waals surface area contributed by atoms with Gasteiger partial charge < -0.3 is 15.2 Å². The quantitative estimate of drug-likeness (QED) is 0.132. The third kappa shape index (κ3) is 8.40. The average Bonchev–Trinajstić information content (AvgIpc) is 2.94. The Labute approximate surface area is 257 Å². The lowest BCUT2D eigenvalue weighted by Gasteiger charge is -2.13. The first-order chi connectivity index (χ1) is 20.4. The van der Waals surface area contributed by atoms with E-state index in [4.69, 9.17) is 5.73 Å². The smallest absolute Gasteiger partial charge is 0.416 e. The lowest BCUT2D eigenvalue weighted by Crippen LogP contribution is -2.06. The predicted octanol–water partition coefficient (Wildman–Crippen LogP) is 9.28. The molecule has 4 aromatic rings. The highest BCUT2D eigenvalue weighted by Gasteiger charge is 2.32. The van der Waals surface area contributed by atoms with Crippen molar-refractivity contribution in [3.8, 4) is 22.3 Å². The molecule has 5 nitrogen and oxygen atoms in total. The van der Waals surface area contributed by atoms with Gasteiger partial charge in [-0.3, -0.25) is 0 Å². The normalized spacial score (nSPS) is 11.3. The van der Waals surface area contributed by atoms with Gasteiger partial charge in [0.1, 0.15) is 0 Å². The van der Waals surface area contributed by atoms with Gasteiger partial charge in [-0.2, -0.15) is 26.3 Å². The fourth-order valence-electron chi connectivity index (χ4n) is 4.27. The molecule has 0 unspecified atom stereocenters. The number of methoxy groups -OCH3 is 2. The molecule has 0 aromatic heterocycles. The van der Waals surface area contributed by atoms with E-state index < -0.39 is 35.4 Å². The van der Waals surface area contributed by atoms with Crippen LogP contribution >= 0.6 is 15.9 Å². The summed E-state index contributed by atoms with van der Waals surface area (Å²) in [4.78, 5) is 22.9. The van der Waals surface area contributed by atoms with Crippen molar-refractivity contribution < 1.29 is 45.4 Å². The first-order valence-electron chi connectivity index (χ1n) is 12.7. The van der Waals surface area contributed by atoms with Crippen LogP contribution in [0.4, 0.5) is 32.0 Å². The van der Waals surface area contributed by atoms with Crippen molar-refractivity contribution in [2.24, 2.45) is 0 Å². The maximum absolute atomic E-state index is 12.9. The second kappa shape index (κ2) is 13.5. The maximum Gasteiger partial charge on any atom is 0.416 e. The van der Waals surface area contributed by atoms with Crippen molar-refractivity contribution in [3.05, 3.63) is 111 Å². The minimum Gasteiger partial charge on any atom is -0.465 e. The Kier molecular flexibility index (Phi) is 10.5. The molecule has 0 saturated carbocycles. The molecule has 0 heterocycles. The van der Waals surface area contributed by atoms with Crippen LogP contribution in [0.15, 0.2) is 77.3 Å². The van der Waals surface area contributed by atoms with Crippen LogP contribution in [0.3, 0.4) is 0 Å². The summed E-state index contributed by atoms with van der Waals surface area (Å²) in [5, 5.41) is 0. The molecule has 4 rings (SSSR count). The van der Waals surface area contributed by atoms with Crippen LogP contribution in [0.1, 0.15) is 43.0 Å². The maximum atomic E-state index is 12.9. The molecular weight excluding hydrogens is 656 g/mol. The Morgan fingerprint density at radius 1 is 0.636 bits per heavy atom. The lowest BCUT2D eigenvalue weighted by molar-refractivity contribution is -0.138. The van der Waals surface area contributed by atoms with Crippen molar-refractivity contribution >= 4 is 33.6 Å². The van der Waals surface area contributed by atoms with E-state index in [2.05, 4.69) is 25.4 Å². The molecule has 0 aliphatic carbocycles. The molecular formula is C32H26BrF6NO4. The zero-order valence-electron chi connectivity index (χ0n) is 23.8. The standard InChI is InChI=1S/C16H12BrF3O2.C16H14F3NO2/c1-9-5-11(7-12(6-9)16(18,19)20)13-4-3-10(8-14(13)17)15(21)22-2;1-9-5-11(7-12(6-9)16(17,18)19)13-4-3-10(8-14(13)20)15(21)22-2/h3-8H,1-2H3;3-8H,20H2,1-2H3. The van der Waals surface area contributed by atoms with E-state index in [0.717, 1.165) is 24.3 Å². The third-order valence-electron chi connectivity index (χ3n) is 6.29. The van der Waals surface area contributed by atoms with Crippen molar-refractivity contribution in [1.82, 2.24) is 0 Å². The van der Waals surface area contributed by atoms with E-state index in [-0.39, 0.29) is 11.3 Å². The van der Waals surface area contributed by atoms with E-state index in [1.807, 2.05) is 0 Å². The van der Waals surface area contributed by atoms with Gasteiger partial charge in [-0.05, 0) is 90.2 Å². The van der Waals surface area contributed by atoms with E-state index in [0.29, 0.717) is 43.4 Å². The highest BCUT2D eigenvalue weighted by atomic mass is 79.9. The number of hydrogen-bond donors (Lipinski definition) is 1. The molecule has 4 aromatic carbocycles. The zero-order chi connectivity index (χ0) is 33.0. The van der Waals surface area contributed by atoms with Gasteiger partial charge in [0.05, 0.1) is 36.5 Å². The Bertz CT molecular complexity index is 1570. The third-order valence-corrected chi connectivity index (χ3v) is 6.95. The fourth-order valence-corrected chi connectivity index (χ4v) is 4.88. The molecule has 12 heteroatoms. The monoisotopic (exact) mass is 681 g/mol. The first kappa shape index (κ1) is 34.2. The zero-order valence-corrected chi connectivity index (χ0v) is 25.4. The molecule has 0 bridgehead atoms. The molecule has 0 radical (unpaired) electrons. The Hall–Kier alpha value is -4.32. The summed E-state index contributed by atoms with van der Waals surface area (Å²) in [5.74, 6) is -1.06. The second-order valence-corrected chi connectivity index (χ2v) is 10.5. The van der Waals surface area contributed by atoms with Gasteiger partial charge in [-0.1, -0.05) is 40.2 Å². The van der Waals surface area contributed by atoms with Gasteiger partial charge in [0.15, 0.2) is 0 Å². The second-order valence-electron chi connectivity index (χ2n) is 9.65. The summed E-state index contributed by atoms with van der Waals surface area (Å²) in [5.41, 5.74) is 7.96. The number of carbonyl (C=O) groups is 2. The van der Waals surface area contributed by atoms with Gasteiger partial charge in [-0.15, -0.1) is 0 Å². The van der Waals surface area contributed by atoms with Crippen molar-refractivity contribution in [1.29, 1.82) is 0 Å². The summed E-state index contributed by atoms with van der Waals surface area (Å²) >= 11 is 3.29. The highest BCUT2D eigenvalue weighted by Crippen LogP contribution is 2.37. The molecule has 0 saturated heterocycles. The summed E-state index contributed by atoms with van der Waals surface area (Å²) < 4.78 is 87.1. The van der Waals surface area contributed by atoms with Crippen LogP contribution in [0.5, 0.6) is 0 Å². The van der Waals surface area contributed by atoms with Crippen LogP contribution in [-0.2, 0) is 21.8 Å². The Balaban J connectivity index is 0.000000240. The van der Waals surface area contributed by atoms with Gasteiger partial charge in [0.25, 0.3) is 0 Å². The van der Waals surface area contributed by atoms with Crippen LogP contribution in [0, 0.1) is 13.8 Å². The molecule has 0 fully saturated rings. The van der Waals surface area contributed by atoms with Crippen LogP contribution in [0.2, 0.25) is 0 Å². The Morgan fingerprint density at radius 3 is 1.43 bits per heavy atom. The van der Waals surface area contributed by atoms with Gasteiger partial charge in [-0.25, -0.2) is 9.59 Å². The van der Waals surface area contributed by atoms with Crippen molar-refractivity contribution in [2.45, 2.75) is 26.2 Å².